The molecule has 0 saturated carbocycles. The van der Waals surface area contributed by atoms with Gasteiger partial charge in [-0.2, -0.15) is 0 Å². The van der Waals surface area contributed by atoms with E-state index in [1.807, 2.05) is 37.3 Å². The van der Waals surface area contributed by atoms with Crippen LogP contribution < -0.4 is 5.32 Å². The van der Waals surface area contributed by atoms with Crippen LogP contribution in [0.4, 0.5) is 4.39 Å². The Labute approximate surface area is 164 Å². The number of halogens is 1. The zero-order chi connectivity index (χ0) is 19.6. The topological polar surface area (TPSA) is 49.4 Å². The molecule has 0 fully saturated rings. The number of benzene rings is 2. The highest BCUT2D eigenvalue weighted by molar-refractivity contribution is 7.99. The first-order valence-corrected chi connectivity index (χ1v) is 9.99. The third-order valence-electron chi connectivity index (χ3n) is 4.11. The minimum absolute atomic E-state index is 0.0958. The van der Waals surface area contributed by atoms with Gasteiger partial charge in [0.15, 0.2) is 0 Å². The second kappa shape index (κ2) is 10.7. The number of nitrogens with one attached hydrogen (secondary N) is 1. The lowest BCUT2D eigenvalue weighted by atomic mass is 10.1. The monoisotopic (exact) mass is 388 g/mol. The second-order valence-electron chi connectivity index (χ2n) is 6.13. The standard InChI is InChI=1S/C21H25FN2O2S/c1-3-23-21(26)16(2)24(15-17-9-11-18(22)12-10-17)20(25)13-14-27-19-7-5-4-6-8-19/h4-12,16H,3,13-15H2,1-2H3,(H,23,26)/t16-/m1/s1. The predicted molar refractivity (Wildman–Crippen MR) is 107 cm³/mol. The molecule has 0 spiro atoms. The quantitative estimate of drug-likeness (QED) is 0.664. The van der Waals surface area contributed by atoms with E-state index < -0.39 is 6.04 Å². The molecule has 0 saturated heterocycles. The van der Waals surface area contributed by atoms with Crippen LogP contribution in [0.15, 0.2) is 59.5 Å². The molecular weight excluding hydrogens is 363 g/mol. The van der Waals surface area contributed by atoms with Gasteiger partial charge in [-0.3, -0.25) is 9.59 Å². The Morgan fingerprint density at radius 2 is 1.78 bits per heavy atom. The van der Waals surface area contributed by atoms with Crippen LogP contribution in [0.1, 0.15) is 25.8 Å². The molecule has 2 amide bonds. The Kier molecular flexibility index (Phi) is 8.33. The summed E-state index contributed by atoms with van der Waals surface area (Å²) in [6.45, 7) is 4.34. The van der Waals surface area contributed by atoms with E-state index in [0.29, 0.717) is 18.7 Å². The van der Waals surface area contributed by atoms with Crippen LogP contribution in [0, 0.1) is 5.82 Å². The van der Waals surface area contributed by atoms with Gasteiger partial charge in [0.25, 0.3) is 0 Å². The van der Waals surface area contributed by atoms with Crippen LogP contribution in [0.5, 0.6) is 0 Å². The molecule has 0 bridgehead atoms. The van der Waals surface area contributed by atoms with Gasteiger partial charge in [-0.25, -0.2) is 4.39 Å². The van der Waals surface area contributed by atoms with E-state index in [2.05, 4.69) is 5.32 Å². The highest BCUT2D eigenvalue weighted by Gasteiger charge is 2.25. The van der Waals surface area contributed by atoms with Gasteiger partial charge in [0.2, 0.25) is 11.8 Å². The number of hydrogen-bond acceptors (Lipinski definition) is 3. The summed E-state index contributed by atoms with van der Waals surface area (Å²) in [4.78, 5) is 27.7. The number of rotatable bonds is 9. The molecule has 1 atom stereocenters. The van der Waals surface area contributed by atoms with Crippen LogP contribution in [-0.4, -0.2) is 35.1 Å². The average Bonchev–Trinajstić information content (AvgIpc) is 2.68. The molecule has 6 heteroatoms. The molecule has 2 aromatic carbocycles. The van der Waals surface area contributed by atoms with Crippen molar-refractivity contribution in [2.24, 2.45) is 0 Å². The minimum Gasteiger partial charge on any atom is -0.355 e. The molecule has 1 N–H and O–H groups in total. The number of carbonyl (C=O) groups excluding carboxylic acids is 2. The van der Waals surface area contributed by atoms with Gasteiger partial charge in [0, 0.05) is 30.2 Å². The summed E-state index contributed by atoms with van der Waals surface area (Å²) in [7, 11) is 0. The maximum atomic E-state index is 13.2. The Morgan fingerprint density at radius 1 is 1.11 bits per heavy atom. The average molecular weight is 389 g/mol. The van der Waals surface area contributed by atoms with Crippen molar-refractivity contribution in [1.29, 1.82) is 0 Å². The van der Waals surface area contributed by atoms with Crippen molar-refractivity contribution in [2.45, 2.75) is 37.8 Å². The van der Waals surface area contributed by atoms with Gasteiger partial charge < -0.3 is 10.2 Å². The van der Waals surface area contributed by atoms with E-state index >= 15 is 0 Å². The van der Waals surface area contributed by atoms with E-state index in [1.54, 1.807) is 35.7 Å². The minimum atomic E-state index is -0.593. The lowest BCUT2D eigenvalue weighted by Crippen LogP contribution is -2.47. The van der Waals surface area contributed by atoms with Gasteiger partial charge in [-0.15, -0.1) is 11.8 Å². The lowest BCUT2D eigenvalue weighted by Gasteiger charge is -2.28. The summed E-state index contributed by atoms with van der Waals surface area (Å²) in [5.74, 6) is 0.0167. The number of nitrogens with zero attached hydrogens (tertiary/aromatic N) is 1. The number of hydrogen-bond donors (Lipinski definition) is 1. The smallest absolute Gasteiger partial charge is 0.242 e. The number of likely N-dealkylation sites (N-methyl/N-ethyl adjacent to an activating group) is 1. The number of amides is 2. The molecule has 4 nitrogen and oxygen atoms in total. The maximum Gasteiger partial charge on any atom is 0.242 e. The Hall–Kier alpha value is -2.34. The molecule has 0 aliphatic rings. The van der Waals surface area contributed by atoms with Crippen molar-refractivity contribution in [3.63, 3.8) is 0 Å². The molecule has 0 radical (unpaired) electrons. The van der Waals surface area contributed by atoms with Gasteiger partial charge in [-0.1, -0.05) is 30.3 Å². The van der Waals surface area contributed by atoms with Crippen molar-refractivity contribution in [1.82, 2.24) is 10.2 Å². The Balaban J connectivity index is 2.03. The van der Waals surface area contributed by atoms with Crippen LogP contribution in [0.2, 0.25) is 0 Å². The van der Waals surface area contributed by atoms with Crippen LogP contribution in [0.25, 0.3) is 0 Å². The highest BCUT2D eigenvalue weighted by atomic mass is 32.2. The highest BCUT2D eigenvalue weighted by Crippen LogP contribution is 2.19. The first-order chi connectivity index (χ1) is 13.0. The summed E-state index contributed by atoms with van der Waals surface area (Å²) < 4.78 is 13.2. The van der Waals surface area contributed by atoms with E-state index in [0.717, 1.165) is 10.5 Å². The largest absolute Gasteiger partial charge is 0.355 e. The summed E-state index contributed by atoms with van der Waals surface area (Å²) in [6, 6.07) is 15.3. The SMILES string of the molecule is CCNC(=O)[C@@H](C)N(Cc1ccc(F)cc1)C(=O)CCSc1ccccc1. The van der Waals surface area contributed by atoms with E-state index in [-0.39, 0.29) is 24.2 Å². The lowest BCUT2D eigenvalue weighted by molar-refractivity contribution is -0.140. The summed E-state index contributed by atoms with van der Waals surface area (Å²) in [6.07, 6.45) is 0.324. The summed E-state index contributed by atoms with van der Waals surface area (Å²) in [5, 5.41) is 2.76. The zero-order valence-corrected chi connectivity index (χ0v) is 16.5. The first-order valence-electron chi connectivity index (χ1n) is 9.00. The Morgan fingerprint density at radius 3 is 2.41 bits per heavy atom. The van der Waals surface area contributed by atoms with Crippen molar-refractivity contribution in [3.05, 3.63) is 66.0 Å². The van der Waals surface area contributed by atoms with Crippen LogP contribution in [0.3, 0.4) is 0 Å². The normalized spacial score (nSPS) is 11.7. The third-order valence-corrected chi connectivity index (χ3v) is 5.13. The molecular formula is C21H25FN2O2S. The van der Waals surface area contributed by atoms with Gasteiger partial charge in [0.1, 0.15) is 11.9 Å². The predicted octanol–water partition coefficient (Wildman–Crippen LogP) is 3.86. The molecule has 2 rings (SSSR count). The van der Waals surface area contributed by atoms with Gasteiger partial charge in [0.05, 0.1) is 0 Å². The van der Waals surface area contributed by atoms with Gasteiger partial charge >= 0.3 is 0 Å². The van der Waals surface area contributed by atoms with Crippen molar-refractivity contribution < 1.29 is 14.0 Å². The van der Waals surface area contributed by atoms with Crippen LogP contribution >= 0.6 is 11.8 Å². The zero-order valence-electron chi connectivity index (χ0n) is 15.7. The number of thioether (sulfide) groups is 1. The van der Waals surface area contributed by atoms with Crippen molar-refractivity contribution in [3.8, 4) is 0 Å². The summed E-state index contributed by atoms with van der Waals surface area (Å²) in [5.41, 5.74) is 0.789. The molecule has 0 unspecified atom stereocenters. The molecule has 0 aromatic heterocycles. The third kappa shape index (κ3) is 6.71. The van der Waals surface area contributed by atoms with Crippen LogP contribution in [-0.2, 0) is 16.1 Å². The molecule has 144 valence electrons. The molecule has 0 aliphatic heterocycles. The fourth-order valence-electron chi connectivity index (χ4n) is 2.61. The van der Waals surface area contributed by atoms with Gasteiger partial charge in [-0.05, 0) is 43.7 Å². The fourth-order valence-corrected chi connectivity index (χ4v) is 3.47. The first kappa shape index (κ1) is 21.0. The number of carbonyl (C=O) groups is 2. The van der Waals surface area contributed by atoms with Crippen molar-refractivity contribution in [2.75, 3.05) is 12.3 Å². The Bertz CT molecular complexity index is 738. The fraction of sp³-hybridized carbons (Fsp3) is 0.333. The maximum absolute atomic E-state index is 13.2. The molecule has 2 aromatic rings. The molecule has 0 aliphatic carbocycles. The molecule has 27 heavy (non-hydrogen) atoms. The van der Waals surface area contributed by atoms with E-state index in [4.69, 9.17) is 0 Å². The van der Waals surface area contributed by atoms with E-state index in [9.17, 15) is 14.0 Å². The van der Waals surface area contributed by atoms with Crippen molar-refractivity contribution >= 4 is 23.6 Å². The molecule has 0 heterocycles. The second-order valence-corrected chi connectivity index (χ2v) is 7.30. The summed E-state index contributed by atoms with van der Waals surface area (Å²) >= 11 is 1.61. The van der Waals surface area contributed by atoms with E-state index in [1.165, 1.54) is 12.1 Å².